The van der Waals surface area contributed by atoms with Gasteiger partial charge in [-0.3, -0.25) is 14.9 Å². The zero-order valence-electron chi connectivity index (χ0n) is 25.7. The maximum absolute atomic E-state index is 12.8. The Hall–Kier alpha value is -4.08. The first-order chi connectivity index (χ1) is 19.7. The van der Waals surface area contributed by atoms with Crippen molar-refractivity contribution in [1.29, 1.82) is 0 Å². The van der Waals surface area contributed by atoms with Crippen LogP contribution in [0.4, 0.5) is 26.7 Å². The number of unbranched alkanes of at least 4 members (excludes halogenated alkanes) is 5. The minimum Gasteiger partial charge on any atom is -0.444 e. The largest absolute Gasteiger partial charge is 0.444 e. The van der Waals surface area contributed by atoms with Crippen LogP contribution in [-0.4, -0.2) is 41.7 Å². The van der Waals surface area contributed by atoms with Crippen LogP contribution in [0.25, 0.3) is 0 Å². The number of hydrogen-bond acceptors (Lipinski definition) is 6. The minimum absolute atomic E-state index is 0.0732. The molecule has 0 radical (unpaired) electrons. The van der Waals surface area contributed by atoms with E-state index < -0.39 is 17.3 Å². The highest BCUT2D eigenvalue weighted by Gasteiger charge is 2.18. The molecule has 4 amide bonds. The number of nitrogens with one attached hydrogen (secondary N) is 4. The number of hydrogen-bond donors (Lipinski definition) is 4. The molecule has 0 saturated heterocycles. The van der Waals surface area contributed by atoms with Crippen LogP contribution in [0.5, 0.6) is 0 Å². The number of alkyl carbamates (subject to hydrolysis) is 1. The first-order valence-corrected chi connectivity index (χ1v) is 14.5. The highest BCUT2D eigenvalue weighted by molar-refractivity contribution is 6.07. The molecular weight excluding hydrogens is 536 g/mol. The van der Waals surface area contributed by atoms with Gasteiger partial charge in [-0.05, 0) is 90.8 Å². The molecule has 10 heteroatoms. The average Bonchev–Trinajstić information content (AvgIpc) is 2.87. The summed E-state index contributed by atoms with van der Waals surface area (Å²) in [5.74, 6) is -0.428. The van der Waals surface area contributed by atoms with Gasteiger partial charge < -0.3 is 25.4 Å². The second kappa shape index (κ2) is 16.4. The van der Waals surface area contributed by atoms with Crippen molar-refractivity contribution in [3.63, 3.8) is 0 Å². The van der Waals surface area contributed by atoms with Gasteiger partial charge in [0.2, 0.25) is 5.91 Å². The summed E-state index contributed by atoms with van der Waals surface area (Å²) in [6.07, 6.45) is 5.13. The maximum atomic E-state index is 12.8. The van der Waals surface area contributed by atoms with Crippen molar-refractivity contribution >= 4 is 41.1 Å². The molecular formula is C32H46N4O6. The number of rotatable bonds is 13. The Kier molecular flexibility index (Phi) is 13.3. The molecule has 0 aromatic heterocycles. The Morgan fingerprint density at radius 3 is 1.74 bits per heavy atom. The van der Waals surface area contributed by atoms with Crippen LogP contribution in [0.3, 0.4) is 0 Å². The molecule has 2 aromatic carbocycles. The molecule has 0 aliphatic carbocycles. The number of anilines is 3. The summed E-state index contributed by atoms with van der Waals surface area (Å²) in [5, 5.41) is 11.1. The van der Waals surface area contributed by atoms with Gasteiger partial charge >= 0.3 is 12.2 Å². The van der Waals surface area contributed by atoms with Gasteiger partial charge in [-0.15, -0.1) is 0 Å². The van der Waals surface area contributed by atoms with Gasteiger partial charge in [0.05, 0.1) is 11.4 Å². The second-order valence-electron chi connectivity index (χ2n) is 12.1. The standard InChI is InChI=1S/C32H46N4O6/c1-31(2,3)41-29(39)33-22-14-10-8-7-9-11-17-27(37)34-24-20-18-23(19-21-24)28(38)35-25-15-12-13-16-26(25)36-30(40)42-32(4,5)6/h12-13,15-16,18-21H,7-11,14,17,22H2,1-6H3,(H,33,39)(H,34,37)(H,35,38)(H,36,40). The molecule has 230 valence electrons. The van der Waals surface area contributed by atoms with E-state index in [0.717, 1.165) is 38.5 Å². The zero-order chi connectivity index (χ0) is 31.2. The second-order valence-corrected chi connectivity index (χ2v) is 12.1. The summed E-state index contributed by atoms with van der Waals surface area (Å²) in [5.41, 5.74) is 0.725. The Morgan fingerprint density at radius 1 is 0.619 bits per heavy atom. The molecule has 4 N–H and O–H groups in total. The van der Waals surface area contributed by atoms with Crippen molar-refractivity contribution in [1.82, 2.24) is 5.32 Å². The van der Waals surface area contributed by atoms with Crippen LogP contribution >= 0.6 is 0 Å². The van der Waals surface area contributed by atoms with Crippen molar-refractivity contribution < 1.29 is 28.7 Å². The first kappa shape index (κ1) is 34.1. The smallest absolute Gasteiger partial charge is 0.412 e. The van der Waals surface area contributed by atoms with Crippen molar-refractivity contribution in [2.75, 3.05) is 22.5 Å². The van der Waals surface area contributed by atoms with E-state index in [-0.39, 0.29) is 17.9 Å². The predicted molar refractivity (Wildman–Crippen MR) is 166 cm³/mol. The molecule has 0 aliphatic rings. The minimum atomic E-state index is -0.649. The monoisotopic (exact) mass is 582 g/mol. The van der Waals surface area contributed by atoms with Crippen LogP contribution in [0, 0.1) is 0 Å². The summed E-state index contributed by atoms with van der Waals surface area (Å²) in [7, 11) is 0. The number of ether oxygens (including phenoxy) is 2. The zero-order valence-corrected chi connectivity index (χ0v) is 25.7. The molecule has 10 nitrogen and oxygen atoms in total. The van der Waals surface area contributed by atoms with E-state index in [4.69, 9.17) is 9.47 Å². The van der Waals surface area contributed by atoms with E-state index in [0.29, 0.717) is 35.6 Å². The summed E-state index contributed by atoms with van der Waals surface area (Å²) in [6.45, 7) is 11.4. The van der Waals surface area contributed by atoms with E-state index in [9.17, 15) is 19.2 Å². The third-order valence-corrected chi connectivity index (χ3v) is 5.74. The van der Waals surface area contributed by atoms with Gasteiger partial charge in [-0.1, -0.05) is 37.8 Å². The fourth-order valence-corrected chi connectivity index (χ4v) is 3.86. The molecule has 0 saturated carbocycles. The maximum Gasteiger partial charge on any atom is 0.412 e. The summed E-state index contributed by atoms with van der Waals surface area (Å²) < 4.78 is 10.5. The van der Waals surface area contributed by atoms with E-state index in [1.54, 1.807) is 69.3 Å². The lowest BCUT2D eigenvalue weighted by Gasteiger charge is -2.20. The predicted octanol–water partition coefficient (Wildman–Crippen LogP) is 7.48. The molecule has 0 unspecified atom stereocenters. The van der Waals surface area contributed by atoms with Crippen molar-refractivity contribution in [3.8, 4) is 0 Å². The Bertz CT molecular complexity index is 1180. The highest BCUT2D eigenvalue weighted by atomic mass is 16.6. The van der Waals surface area contributed by atoms with Crippen LogP contribution in [0.2, 0.25) is 0 Å². The van der Waals surface area contributed by atoms with E-state index in [2.05, 4.69) is 21.3 Å². The molecule has 42 heavy (non-hydrogen) atoms. The summed E-state index contributed by atoms with van der Waals surface area (Å²) in [4.78, 5) is 48.9. The van der Waals surface area contributed by atoms with Gasteiger partial charge in [0.15, 0.2) is 0 Å². The van der Waals surface area contributed by atoms with Crippen LogP contribution < -0.4 is 21.3 Å². The third-order valence-electron chi connectivity index (χ3n) is 5.74. The Morgan fingerprint density at radius 2 is 1.14 bits per heavy atom. The number of benzene rings is 2. The molecule has 0 bridgehead atoms. The molecule has 0 spiro atoms. The topological polar surface area (TPSA) is 135 Å². The quantitative estimate of drug-likeness (QED) is 0.181. The van der Waals surface area contributed by atoms with Gasteiger partial charge in [0.25, 0.3) is 5.91 Å². The van der Waals surface area contributed by atoms with Crippen molar-refractivity contribution in [2.24, 2.45) is 0 Å². The third kappa shape index (κ3) is 14.5. The molecule has 2 rings (SSSR count). The molecule has 2 aromatic rings. The Labute approximate surface area is 249 Å². The van der Waals surface area contributed by atoms with Crippen LogP contribution in [0.1, 0.15) is 96.8 Å². The fourth-order valence-electron chi connectivity index (χ4n) is 3.86. The Balaban J connectivity index is 1.68. The van der Waals surface area contributed by atoms with Crippen molar-refractivity contribution in [3.05, 3.63) is 54.1 Å². The van der Waals surface area contributed by atoms with Crippen LogP contribution in [-0.2, 0) is 14.3 Å². The number of carbonyl (C=O) groups is 4. The van der Waals surface area contributed by atoms with Gasteiger partial charge in [0.1, 0.15) is 11.2 Å². The average molecular weight is 583 g/mol. The lowest BCUT2D eigenvalue weighted by molar-refractivity contribution is -0.116. The fraction of sp³-hybridized carbons (Fsp3) is 0.500. The van der Waals surface area contributed by atoms with E-state index >= 15 is 0 Å². The molecule has 0 aliphatic heterocycles. The van der Waals surface area contributed by atoms with Crippen LogP contribution in [0.15, 0.2) is 48.5 Å². The van der Waals surface area contributed by atoms with E-state index in [1.807, 2.05) is 20.8 Å². The molecule has 0 fully saturated rings. The number of amides is 4. The normalized spacial score (nSPS) is 11.3. The van der Waals surface area contributed by atoms with Gasteiger partial charge in [0, 0.05) is 24.2 Å². The number of carbonyl (C=O) groups excluding carboxylic acids is 4. The lowest BCUT2D eigenvalue weighted by Crippen LogP contribution is -2.32. The van der Waals surface area contributed by atoms with Crippen molar-refractivity contribution in [2.45, 2.75) is 97.7 Å². The van der Waals surface area contributed by atoms with E-state index in [1.165, 1.54) is 0 Å². The van der Waals surface area contributed by atoms with Gasteiger partial charge in [-0.2, -0.15) is 0 Å². The lowest BCUT2D eigenvalue weighted by atomic mass is 10.1. The summed E-state index contributed by atoms with van der Waals surface area (Å²) >= 11 is 0. The first-order valence-electron chi connectivity index (χ1n) is 14.5. The number of para-hydroxylation sites is 2. The highest BCUT2D eigenvalue weighted by Crippen LogP contribution is 2.23. The molecule has 0 atom stereocenters. The SMILES string of the molecule is CC(C)(C)OC(=O)NCCCCCCCCC(=O)Nc1ccc(C(=O)Nc2ccccc2NC(=O)OC(C)(C)C)cc1. The molecule has 0 heterocycles. The summed E-state index contributed by atoms with van der Waals surface area (Å²) in [6, 6.07) is 13.5. The van der Waals surface area contributed by atoms with Gasteiger partial charge in [-0.25, -0.2) is 9.59 Å².